The Hall–Kier alpha value is -0.560. The van der Waals surface area contributed by atoms with E-state index in [0.717, 1.165) is 12.8 Å². The van der Waals surface area contributed by atoms with Crippen LogP contribution < -0.4 is 4.72 Å². The second kappa shape index (κ2) is 6.05. The van der Waals surface area contributed by atoms with Gasteiger partial charge in [0.15, 0.2) is 5.15 Å². The van der Waals surface area contributed by atoms with Gasteiger partial charge < -0.3 is 0 Å². The van der Waals surface area contributed by atoms with E-state index in [1.807, 2.05) is 6.92 Å². The molecule has 1 N–H and O–H groups in total. The highest BCUT2D eigenvalue weighted by atomic mass is 35.5. The molecule has 1 aromatic rings. The number of nitrogens with one attached hydrogen (secondary N) is 1. The first-order valence-electron chi connectivity index (χ1n) is 6.40. The molecule has 0 amide bonds. The molecule has 1 aliphatic heterocycles. The molecule has 1 unspecified atom stereocenters. The minimum Gasteiger partial charge on any atom is -0.268 e. The lowest BCUT2D eigenvalue weighted by atomic mass is 10.0. The predicted molar refractivity (Wildman–Crippen MR) is 81.5 cm³/mol. The highest BCUT2D eigenvalue weighted by Gasteiger charge is 2.28. The van der Waals surface area contributed by atoms with Crippen molar-refractivity contribution in [1.29, 1.82) is 0 Å². The molecule has 112 valence electrons. The van der Waals surface area contributed by atoms with Crippen molar-refractivity contribution in [2.24, 2.45) is 5.92 Å². The number of hydrogen-bond donors (Lipinski definition) is 1. The molecule has 2 heterocycles. The summed E-state index contributed by atoms with van der Waals surface area (Å²) in [6.07, 6.45) is 1.92. The lowest BCUT2D eigenvalue weighted by Crippen LogP contribution is -2.42. The van der Waals surface area contributed by atoms with E-state index in [2.05, 4.69) is 9.71 Å². The van der Waals surface area contributed by atoms with Gasteiger partial charge >= 0.3 is 10.2 Å². The van der Waals surface area contributed by atoms with E-state index >= 15 is 0 Å². The van der Waals surface area contributed by atoms with E-state index in [-0.39, 0.29) is 16.0 Å². The number of hydrogen-bond acceptors (Lipinski definition) is 3. The predicted octanol–water partition coefficient (Wildman–Crippen LogP) is 3.09. The van der Waals surface area contributed by atoms with E-state index in [1.165, 1.54) is 4.31 Å². The third-order valence-electron chi connectivity index (χ3n) is 3.33. The quantitative estimate of drug-likeness (QED) is 0.862. The summed E-state index contributed by atoms with van der Waals surface area (Å²) in [6, 6.07) is 1.57. The molecule has 0 aromatic carbocycles. The molecule has 5 nitrogen and oxygen atoms in total. The summed E-state index contributed by atoms with van der Waals surface area (Å²) in [5.41, 5.74) is 0.929. The van der Waals surface area contributed by atoms with Gasteiger partial charge in [-0.05, 0) is 37.3 Å². The first-order valence-corrected chi connectivity index (χ1v) is 8.59. The average molecular weight is 338 g/mol. The Kier molecular flexibility index (Phi) is 4.79. The van der Waals surface area contributed by atoms with Gasteiger partial charge in [0.1, 0.15) is 5.15 Å². The van der Waals surface area contributed by atoms with Gasteiger partial charge in [0.25, 0.3) is 0 Å². The van der Waals surface area contributed by atoms with Gasteiger partial charge in [0, 0.05) is 13.1 Å². The van der Waals surface area contributed by atoms with E-state index in [4.69, 9.17) is 23.2 Å². The van der Waals surface area contributed by atoms with Crippen LogP contribution in [0.5, 0.6) is 0 Å². The summed E-state index contributed by atoms with van der Waals surface area (Å²) in [7, 11) is -3.61. The summed E-state index contributed by atoms with van der Waals surface area (Å²) in [6.45, 7) is 4.82. The molecule has 1 fully saturated rings. The molecule has 1 saturated heterocycles. The number of rotatable bonds is 3. The number of pyridine rings is 1. The third kappa shape index (κ3) is 3.55. The zero-order valence-corrected chi connectivity index (χ0v) is 13.7. The van der Waals surface area contributed by atoms with Crippen molar-refractivity contribution < 1.29 is 8.42 Å². The van der Waals surface area contributed by atoms with Crippen LogP contribution in [-0.4, -0.2) is 30.8 Å². The fourth-order valence-corrected chi connectivity index (χ4v) is 4.38. The van der Waals surface area contributed by atoms with Crippen molar-refractivity contribution in [3.63, 3.8) is 0 Å². The molecule has 1 aliphatic rings. The summed E-state index contributed by atoms with van der Waals surface area (Å²) in [5, 5.41) is 0.297. The third-order valence-corrected chi connectivity index (χ3v) is 5.27. The van der Waals surface area contributed by atoms with Gasteiger partial charge in [0.05, 0.1) is 5.69 Å². The number of nitrogens with zero attached hydrogens (tertiary/aromatic N) is 2. The molecule has 1 aromatic heterocycles. The summed E-state index contributed by atoms with van der Waals surface area (Å²) in [5.74, 6) is 0.361. The second-order valence-corrected chi connectivity index (χ2v) is 7.56. The maximum Gasteiger partial charge on any atom is 0.301 e. The fourth-order valence-electron chi connectivity index (χ4n) is 2.28. The van der Waals surface area contributed by atoms with Crippen molar-refractivity contribution in [1.82, 2.24) is 9.29 Å². The van der Waals surface area contributed by atoms with Crippen molar-refractivity contribution in [2.75, 3.05) is 17.8 Å². The van der Waals surface area contributed by atoms with Crippen molar-refractivity contribution in [3.8, 4) is 0 Å². The van der Waals surface area contributed by atoms with Crippen LogP contribution in [-0.2, 0) is 10.2 Å². The summed E-state index contributed by atoms with van der Waals surface area (Å²) in [4.78, 5) is 3.86. The monoisotopic (exact) mass is 337 g/mol. The normalized spacial score (nSPS) is 20.9. The van der Waals surface area contributed by atoms with E-state index in [1.54, 1.807) is 13.0 Å². The Morgan fingerprint density at radius 2 is 2.15 bits per heavy atom. The molecular weight excluding hydrogens is 321 g/mol. The smallest absolute Gasteiger partial charge is 0.268 e. The first kappa shape index (κ1) is 15.8. The van der Waals surface area contributed by atoms with E-state index in [9.17, 15) is 8.42 Å². The van der Waals surface area contributed by atoms with Crippen LogP contribution in [0.25, 0.3) is 0 Å². The fraction of sp³-hybridized carbons (Fsp3) is 0.583. The molecule has 2 rings (SSSR count). The Labute approximate surface area is 129 Å². The Balaban J connectivity index is 2.24. The van der Waals surface area contributed by atoms with Crippen molar-refractivity contribution in [2.45, 2.75) is 26.7 Å². The second-order valence-electron chi connectivity index (χ2n) is 5.14. The zero-order chi connectivity index (χ0) is 14.9. The van der Waals surface area contributed by atoms with Crippen LogP contribution in [0.2, 0.25) is 10.3 Å². The Morgan fingerprint density at radius 3 is 2.75 bits per heavy atom. The van der Waals surface area contributed by atoms with Crippen LogP contribution in [0, 0.1) is 12.8 Å². The van der Waals surface area contributed by atoms with Crippen LogP contribution in [0.4, 0.5) is 5.69 Å². The van der Waals surface area contributed by atoms with Gasteiger partial charge in [-0.3, -0.25) is 4.72 Å². The summed E-state index contributed by atoms with van der Waals surface area (Å²) < 4.78 is 28.7. The van der Waals surface area contributed by atoms with Crippen molar-refractivity contribution in [3.05, 3.63) is 21.9 Å². The van der Waals surface area contributed by atoms with Crippen molar-refractivity contribution >= 4 is 39.1 Å². The van der Waals surface area contributed by atoms with Gasteiger partial charge in [-0.1, -0.05) is 30.1 Å². The molecule has 0 saturated carbocycles. The average Bonchev–Trinajstić information content (AvgIpc) is 2.34. The van der Waals surface area contributed by atoms with Gasteiger partial charge in [-0.25, -0.2) is 4.98 Å². The first-order chi connectivity index (χ1) is 9.29. The molecule has 0 spiro atoms. The SMILES string of the molecule is Cc1cc(Cl)nc(Cl)c1NS(=O)(=O)N1CCCC(C)C1. The zero-order valence-electron chi connectivity index (χ0n) is 11.4. The highest BCUT2D eigenvalue weighted by molar-refractivity contribution is 7.90. The Bertz CT molecular complexity index is 584. The Morgan fingerprint density at radius 1 is 1.45 bits per heavy atom. The molecule has 0 bridgehead atoms. The van der Waals surface area contributed by atoms with Crippen LogP contribution in [0.1, 0.15) is 25.3 Å². The van der Waals surface area contributed by atoms with E-state index < -0.39 is 10.2 Å². The van der Waals surface area contributed by atoms with Gasteiger partial charge in [-0.15, -0.1) is 0 Å². The summed E-state index contributed by atoms with van der Waals surface area (Å²) >= 11 is 11.7. The number of piperidine rings is 1. The van der Waals surface area contributed by atoms with Gasteiger partial charge in [0.2, 0.25) is 0 Å². The van der Waals surface area contributed by atoms with E-state index in [0.29, 0.717) is 24.6 Å². The topological polar surface area (TPSA) is 62.3 Å². The largest absolute Gasteiger partial charge is 0.301 e. The molecular formula is C12H17Cl2N3O2S. The molecule has 0 aliphatic carbocycles. The molecule has 20 heavy (non-hydrogen) atoms. The number of halogens is 2. The lowest BCUT2D eigenvalue weighted by molar-refractivity contribution is 0.282. The van der Waals surface area contributed by atoms with Crippen LogP contribution in [0.3, 0.4) is 0 Å². The number of aryl methyl sites for hydroxylation is 1. The van der Waals surface area contributed by atoms with Crippen LogP contribution >= 0.6 is 23.2 Å². The standard InChI is InChI=1S/C12H17Cl2N3O2S/c1-8-4-3-5-17(7-8)20(18,19)16-11-9(2)6-10(13)15-12(11)14/h6,8,16H,3-5,7H2,1-2H3. The minimum absolute atomic E-state index is 0.0589. The highest BCUT2D eigenvalue weighted by Crippen LogP contribution is 2.28. The van der Waals surface area contributed by atoms with Gasteiger partial charge in [-0.2, -0.15) is 12.7 Å². The molecule has 8 heteroatoms. The molecule has 0 radical (unpaired) electrons. The molecule has 1 atom stereocenters. The number of aromatic nitrogens is 1. The maximum atomic E-state index is 12.4. The minimum atomic E-state index is -3.61. The lowest BCUT2D eigenvalue weighted by Gasteiger charge is -2.30. The number of anilines is 1. The maximum absolute atomic E-state index is 12.4. The van der Waals surface area contributed by atoms with Crippen LogP contribution in [0.15, 0.2) is 6.07 Å².